The van der Waals surface area contributed by atoms with Crippen LogP contribution >= 0.6 is 0 Å². The van der Waals surface area contributed by atoms with Crippen LogP contribution in [0.5, 0.6) is 0 Å². The molecule has 1 atom stereocenters. The first-order valence-corrected chi connectivity index (χ1v) is 7.83. The van der Waals surface area contributed by atoms with E-state index in [0.717, 1.165) is 11.2 Å². The quantitative estimate of drug-likeness (QED) is 0.708. The van der Waals surface area contributed by atoms with Gasteiger partial charge in [0.05, 0.1) is 22.6 Å². The maximum Gasteiger partial charge on any atom is 0.360 e. The Kier molecular flexibility index (Phi) is 4.26. The summed E-state index contributed by atoms with van der Waals surface area (Å²) in [6, 6.07) is 7.22. The van der Waals surface area contributed by atoms with Gasteiger partial charge >= 0.3 is 5.97 Å². The number of nitrogens with one attached hydrogen (secondary N) is 2. The van der Waals surface area contributed by atoms with Gasteiger partial charge in [0, 0.05) is 12.4 Å². The van der Waals surface area contributed by atoms with Crippen LogP contribution in [-0.4, -0.2) is 38.0 Å². The Morgan fingerprint density at radius 2 is 2.00 bits per heavy atom. The van der Waals surface area contributed by atoms with Gasteiger partial charge in [-0.05, 0) is 26.8 Å². The van der Waals surface area contributed by atoms with Crippen LogP contribution in [0.4, 0.5) is 5.69 Å². The molecule has 1 amide bonds. The molecule has 0 radical (unpaired) electrons. The first-order valence-electron chi connectivity index (χ1n) is 7.83. The third-order valence-electron chi connectivity index (χ3n) is 4.07. The first kappa shape index (κ1) is 16.7. The second-order valence-corrected chi connectivity index (χ2v) is 5.82. The fourth-order valence-electron chi connectivity index (χ4n) is 2.57. The van der Waals surface area contributed by atoms with Crippen LogP contribution in [0.15, 0.2) is 24.3 Å². The number of esters is 1. The molecule has 0 saturated heterocycles. The lowest BCUT2D eigenvalue weighted by atomic mass is 10.2. The number of amides is 1. The van der Waals surface area contributed by atoms with E-state index in [2.05, 4.69) is 20.6 Å². The van der Waals surface area contributed by atoms with Crippen molar-refractivity contribution in [2.45, 2.75) is 26.9 Å². The normalized spacial score (nSPS) is 12.2. The number of hydrogen-bond acceptors (Lipinski definition) is 5. The van der Waals surface area contributed by atoms with Crippen LogP contribution in [-0.2, 0) is 16.6 Å². The summed E-state index contributed by atoms with van der Waals surface area (Å²) in [4.78, 5) is 24.7. The number of ether oxygens (including phenoxy) is 1. The van der Waals surface area contributed by atoms with E-state index >= 15 is 0 Å². The highest BCUT2D eigenvalue weighted by atomic mass is 16.5. The Balaban J connectivity index is 1.72. The molecule has 0 aliphatic heterocycles. The molecule has 0 spiro atoms. The maximum absolute atomic E-state index is 12.3. The third kappa shape index (κ3) is 3.10. The minimum absolute atomic E-state index is 0.156. The molecule has 0 aliphatic rings. The number of hydrogen-bond donors (Lipinski definition) is 2. The van der Waals surface area contributed by atoms with Gasteiger partial charge in [-0.15, -0.1) is 0 Å². The summed E-state index contributed by atoms with van der Waals surface area (Å²) < 4.78 is 6.94. The lowest BCUT2D eigenvalue weighted by molar-refractivity contribution is -0.123. The molecule has 1 aromatic carbocycles. The van der Waals surface area contributed by atoms with Crippen LogP contribution in [0.3, 0.4) is 0 Å². The van der Waals surface area contributed by atoms with Crippen molar-refractivity contribution in [1.29, 1.82) is 0 Å². The van der Waals surface area contributed by atoms with E-state index in [1.165, 1.54) is 6.92 Å². The minimum atomic E-state index is -0.970. The number of anilines is 1. The predicted octanol–water partition coefficient (Wildman–Crippen LogP) is 2.10. The zero-order chi connectivity index (χ0) is 18.1. The Morgan fingerprint density at radius 1 is 1.28 bits per heavy atom. The van der Waals surface area contributed by atoms with Gasteiger partial charge in [0.25, 0.3) is 5.91 Å². The summed E-state index contributed by atoms with van der Waals surface area (Å²) in [5.74, 6) is -1.08. The smallest absolute Gasteiger partial charge is 0.360 e. The van der Waals surface area contributed by atoms with E-state index in [0.29, 0.717) is 16.8 Å². The molecular weight excluding hydrogens is 322 g/mol. The number of aromatic amines is 1. The van der Waals surface area contributed by atoms with Crippen LogP contribution in [0.1, 0.15) is 28.8 Å². The highest BCUT2D eigenvalue weighted by Gasteiger charge is 2.23. The highest BCUT2D eigenvalue weighted by Crippen LogP contribution is 2.20. The number of carbonyl (C=O) groups is 2. The minimum Gasteiger partial charge on any atom is -0.448 e. The molecule has 8 heteroatoms. The summed E-state index contributed by atoms with van der Waals surface area (Å²) in [6.45, 7) is 5.17. The third-order valence-corrected chi connectivity index (χ3v) is 4.07. The largest absolute Gasteiger partial charge is 0.448 e. The monoisotopic (exact) mass is 341 g/mol. The van der Waals surface area contributed by atoms with E-state index in [1.807, 2.05) is 19.1 Å². The number of aryl methyl sites for hydroxylation is 2. The molecule has 0 bridgehead atoms. The number of carbonyl (C=O) groups excluding carboxylic acids is 2. The molecule has 130 valence electrons. The van der Waals surface area contributed by atoms with Crippen molar-refractivity contribution < 1.29 is 14.3 Å². The van der Waals surface area contributed by atoms with Gasteiger partial charge in [-0.3, -0.25) is 14.6 Å². The van der Waals surface area contributed by atoms with E-state index in [1.54, 1.807) is 30.8 Å². The number of aromatic nitrogens is 4. The summed E-state index contributed by atoms with van der Waals surface area (Å²) in [6.07, 6.45) is -0.970. The Labute approximate surface area is 144 Å². The highest BCUT2D eigenvalue weighted by molar-refractivity contribution is 6.03. The molecule has 0 unspecified atom stereocenters. The number of nitrogens with zero attached hydrogens (tertiary/aromatic N) is 3. The summed E-state index contributed by atoms with van der Waals surface area (Å²) in [5, 5.41) is 14.4. The molecular formula is C17H19N5O3. The lowest BCUT2D eigenvalue weighted by Crippen LogP contribution is -2.30. The molecule has 0 fully saturated rings. The van der Waals surface area contributed by atoms with Crippen LogP contribution in [0.2, 0.25) is 0 Å². The zero-order valence-electron chi connectivity index (χ0n) is 14.5. The molecule has 0 aliphatic carbocycles. The summed E-state index contributed by atoms with van der Waals surface area (Å²) in [5.41, 5.74) is 3.03. The van der Waals surface area contributed by atoms with Gasteiger partial charge in [-0.2, -0.15) is 10.2 Å². The van der Waals surface area contributed by atoms with Crippen LogP contribution in [0, 0.1) is 13.8 Å². The number of fused-ring (bicyclic) bond motifs is 1. The second kappa shape index (κ2) is 6.39. The lowest BCUT2D eigenvalue weighted by Gasteiger charge is -2.13. The fourth-order valence-corrected chi connectivity index (χ4v) is 2.57. The van der Waals surface area contributed by atoms with Gasteiger partial charge < -0.3 is 10.1 Å². The van der Waals surface area contributed by atoms with Crippen molar-refractivity contribution in [3.05, 3.63) is 41.3 Å². The van der Waals surface area contributed by atoms with Gasteiger partial charge in [0.1, 0.15) is 0 Å². The Hall–Kier alpha value is -3.16. The average Bonchev–Trinajstić information content (AvgIpc) is 3.11. The SMILES string of the molecule is Cc1nn(C)c(C)c1NC(=O)[C@H](C)OC(=O)c1n[nH]c2ccccc12. The van der Waals surface area contributed by atoms with E-state index < -0.39 is 18.0 Å². The van der Waals surface area contributed by atoms with Crippen molar-refractivity contribution >= 4 is 28.5 Å². The topological polar surface area (TPSA) is 102 Å². The van der Waals surface area contributed by atoms with Crippen molar-refractivity contribution in [3.8, 4) is 0 Å². The van der Waals surface area contributed by atoms with E-state index in [9.17, 15) is 9.59 Å². The second-order valence-electron chi connectivity index (χ2n) is 5.82. The zero-order valence-corrected chi connectivity index (χ0v) is 14.5. The predicted molar refractivity (Wildman–Crippen MR) is 92.3 cm³/mol. The molecule has 0 saturated carbocycles. The van der Waals surface area contributed by atoms with Gasteiger partial charge in [0.15, 0.2) is 11.8 Å². The molecule has 8 nitrogen and oxygen atoms in total. The van der Waals surface area contributed by atoms with Gasteiger partial charge in [0.2, 0.25) is 0 Å². The number of H-pyrrole nitrogens is 1. The maximum atomic E-state index is 12.3. The molecule has 2 aromatic heterocycles. The molecule has 3 aromatic rings. The molecule has 2 heterocycles. The Bertz CT molecular complexity index is 957. The number of para-hydroxylation sites is 1. The fraction of sp³-hybridized carbons (Fsp3) is 0.294. The average molecular weight is 341 g/mol. The van der Waals surface area contributed by atoms with Gasteiger partial charge in [-0.25, -0.2) is 4.79 Å². The van der Waals surface area contributed by atoms with E-state index in [-0.39, 0.29) is 5.69 Å². The van der Waals surface area contributed by atoms with Crippen LogP contribution < -0.4 is 5.32 Å². The summed E-state index contributed by atoms with van der Waals surface area (Å²) >= 11 is 0. The molecule has 3 rings (SSSR count). The molecule has 2 N–H and O–H groups in total. The Morgan fingerprint density at radius 3 is 2.68 bits per heavy atom. The first-order chi connectivity index (χ1) is 11.9. The van der Waals surface area contributed by atoms with Crippen molar-refractivity contribution in [1.82, 2.24) is 20.0 Å². The van der Waals surface area contributed by atoms with Crippen LogP contribution in [0.25, 0.3) is 10.9 Å². The van der Waals surface area contributed by atoms with Crippen molar-refractivity contribution in [3.63, 3.8) is 0 Å². The van der Waals surface area contributed by atoms with Crippen molar-refractivity contribution in [2.24, 2.45) is 7.05 Å². The van der Waals surface area contributed by atoms with Gasteiger partial charge in [-0.1, -0.05) is 18.2 Å². The summed E-state index contributed by atoms with van der Waals surface area (Å²) in [7, 11) is 1.80. The van der Waals surface area contributed by atoms with Crippen molar-refractivity contribution in [2.75, 3.05) is 5.32 Å². The number of benzene rings is 1. The number of rotatable bonds is 4. The molecule has 25 heavy (non-hydrogen) atoms. The van der Waals surface area contributed by atoms with E-state index in [4.69, 9.17) is 4.74 Å². The standard InChI is InChI=1S/C17H19N5O3/c1-9-14(10(2)22(4)21-9)18-16(23)11(3)25-17(24)15-12-7-5-6-8-13(12)19-20-15/h5-8,11H,1-4H3,(H,18,23)(H,19,20)/t11-/m0/s1.